The second-order valence-electron chi connectivity index (χ2n) is 3.57. The van der Waals surface area contributed by atoms with Crippen molar-refractivity contribution in [3.63, 3.8) is 0 Å². The molecular weight excluding hydrogens is 195 g/mol. The van der Waals surface area contributed by atoms with Gasteiger partial charge in [0.15, 0.2) is 0 Å². The number of nitrogens with one attached hydrogen (secondary N) is 1. The predicted octanol–water partition coefficient (Wildman–Crippen LogP) is 1.98. The van der Waals surface area contributed by atoms with Gasteiger partial charge in [0.25, 0.3) is 0 Å². The zero-order valence-corrected chi connectivity index (χ0v) is 8.54. The topological polar surface area (TPSA) is 41.5 Å². The zero-order chi connectivity index (χ0) is 11.0. The number of anilines is 1. The molecule has 1 unspecified atom stereocenters. The van der Waals surface area contributed by atoms with Gasteiger partial charge in [-0.1, -0.05) is 0 Å². The van der Waals surface area contributed by atoms with Gasteiger partial charge in [-0.25, -0.2) is 4.39 Å². The number of rotatable bonds is 0. The van der Waals surface area contributed by atoms with E-state index in [1.54, 1.807) is 13.0 Å². The maximum Gasteiger partial charge on any atom is 0.248 e. The smallest absolute Gasteiger partial charge is 0.248 e. The number of benzene rings is 1. The van der Waals surface area contributed by atoms with Crippen LogP contribution in [0.15, 0.2) is 23.2 Å². The maximum absolute atomic E-state index is 13.0. The molecule has 1 aliphatic rings. The van der Waals surface area contributed by atoms with Crippen LogP contribution in [0.2, 0.25) is 0 Å². The minimum absolute atomic E-state index is 0.210. The van der Waals surface area contributed by atoms with Crippen molar-refractivity contribution in [2.75, 3.05) is 5.32 Å². The molecule has 0 radical (unpaired) electrons. The molecule has 1 amide bonds. The number of nitrogens with zero attached hydrogens (tertiary/aromatic N) is 1. The summed E-state index contributed by atoms with van der Waals surface area (Å²) in [6.07, 6.45) is 0. The molecule has 3 nitrogen and oxygen atoms in total. The monoisotopic (exact) mass is 206 g/mol. The molecule has 0 saturated heterocycles. The van der Waals surface area contributed by atoms with E-state index in [2.05, 4.69) is 10.3 Å². The van der Waals surface area contributed by atoms with Gasteiger partial charge in [-0.2, -0.15) is 0 Å². The maximum atomic E-state index is 13.0. The standard InChI is InChI=1S/C11H11FN2O/c1-6-9-4-3-8(12)5-10(9)14-11(15)7(2)13-6/h3-5,7H,1-2H3,(H,14,15). The molecule has 0 saturated carbocycles. The van der Waals surface area contributed by atoms with E-state index in [0.717, 1.165) is 11.3 Å². The van der Waals surface area contributed by atoms with Gasteiger partial charge in [-0.15, -0.1) is 0 Å². The molecule has 0 bridgehead atoms. The fourth-order valence-electron chi connectivity index (χ4n) is 1.59. The van der Waals surface area contributed by atoms with E-state index in [9.17, 15) is 9.18 Å². The molecule has 15 heavy (non-hydrogen) atoms. The van der Waals surface area contributed by atoms with Crippen LogP contribution in [-0.2, 0) is 4.79 Å². The number of fused-ring (bicyclic) bond motifs is 1. The van der Waals surface area contributed by atoms with Crippen LogP contribution in [0, 0.1) is 5.82 Å². The summed E-state index contributed by atoms with van der Waals surface area (Å²) in [5.74, 6) is -0.574. The number of carbonyl (C=O) groups excluding carboxylic acids is 1. The SMILES string of the molecule is CC1=NC(C)C(=O)Nc2cc(F)ccc21. The first kappa shape index (κ1) is 9.83. The molecule has 78 valence electrons. The molecule has 1 aliphatic heterocycles. The van der Waals surface area contributed by atoms with Gasteiger partial charge in [0.2, 0.25) is 5.91 Å². The molecule has 1 aromatic carbocycles. The van der Waals surface area contributed by atoms with Crippen molar-refractivity contribution in [2.45, 2.75) is 19.9 Å². The van der Waals surface area contributed by atoms with Crippen molar-refractivity contribution >= 4 is 17.3 Å². The van der Waals surface area contributed by atoms with Crippen molar-refractivity contribution in [1.29, 1.82) is 0 Å². The first-order valence-corrected chi connectivity index (χ1v) is 4.73. The largest absolute Gasteiger partial charge is 0.324 e. The van der Waals surface area contributed by atoms with E-state index in [1.807, 2.05) is 6.92 Å². The molecule has 0 aliphatic carbocycles. The Morgan fingerprint density at radius 1 is 1.47 bits per heavy atom. The highest BCUT2D eigenvalue weighted by Gasteiger charge is 2.19. The minimum atomic E-state index is -0.430. The average molecular weight is 206 g/mol. The molecule has 1 atom stereocenters. The van der Waals surface area contributed by atoms with Crippen molar-refractivity contribution in [3.05, 3.63) is 29.6 Å². The van der Waals surface area contributed by atoms with Gasteiger partial charge < -0.3 is 5.32 Å². The Labute approximate surface area is 87.0 Å². The molecule has 0 aromatic heterocycles. The van der Waals surface area contributed by atoms with E-state index in [0.29, 0.717) is 5.69 Å². The first-order valence-electron chi connectivity index (χ1n) is 4.73. The van der Waals surface area contributed by atoms with E-state index >= 15 is 0 Å². The van der Waals surface area contributed by atoms with Crippen molar-refractivity contribution in [2.24, 2.45) is 4.99 Å². The van der Waals surface area contributed by atoms with E-state index in [1.165, 1.54) is 12.1 Å². The van der Waals surface area contributed by atoms with Crippen LogP contribution >= 0.6 is 0 Å². The van der Waals surface area contributed by atoms with Gasteiger partial charge in [-0.3, -0.25) is 9.79 Å². The lowest BCUT2D eigenvalue weighted by atomic mass is 10.1. The third-order valence-corrected chi connectivity index (χ3v) is 2.40. The first-order chi connectivity index (χ1) is 7.08. The van der Waals surface area contributed by atoms with Crippen LogP contribution in [0.3, 0.4) is 0 Å². The molecule has 0 fully saturated rings. The van der Waals surface area contributed by atoms with Gasteiger partial charge >= 0.3 is 0 Å². The summed E-state index contributed by atoms with van der Waals surface area (Å²) in [6, 6.07) is 3.87. The van der Waals surface area contributed by atoms with E-state index in [-0.39, 0.29) is 11.7 Å². The number of hydrogen-bond donors (Lipinski definition) is 1. The van der Waals surface area contributed by atoms with Crippen molar-refractivity contribution in [3.8, 4) is 0 Å². The van der Waals surface area contributed by atoms with Gasteiger partial charge in [0.05, 0.1) is 5.69 Å². The van der Waals surface area contributed by atoms with E-state index in [4.69, 9.17) is 0 Å². The Morgan fingerprint density at radius 3 is 2.93 bits per heavy atom. The van der Waals surface area contributed by atoms with Gasteiger partial charge in [-0.05, 0) is 32.0 Å². The highest BCUT2D eigenvalue weighted by molar-refractivity contribution is 6.10. The Balaban J connectivity index is 2.57. The Morgan fingerprint density at radius 2 is 2.20 bits per heavy atom. The Kier molecular flexibility index (Phi) is 2.26. The fourth-order valence-corrected chi connectivity index (χ4v) is 1.59. The van der Waals surface area contributed by atoms with Crippen molar-refractivity contribution in [1.82, 2.24) is 0 Å². The van der Waals surface area contributed by atoms with Gasteiger partial charge in [0, 0.05) is 11.3 Å². The second kappa shape index (κ2) is 3.46. The molecule has 1 aromatic rings. The zero-order valence-electron chi connectivity index (χ0n) is 8.54. The Hall–Kier alpha value is -1.71. The third-order valence-electron chi connectivity index (χ3n) is 2.40. The Bertz CT molecular complexity index is 454. The number of halogens is 1. The average Bonchev–Trinajstić information content (AvgIpc) is 2.25. The summed E-state index contributed by atoms with van der Waals surface area (Å²) in [5, 5.41) is 2.65. The van der Waals surface area contributed by atoms with Crippen molar-refractivity contribution < 1.29 is 9.18 Å². The number of aliphatic imine (C=N–C) groups is 1. The second-order valence-corrected chi connectivity index (χ2v) is 3.57. The lowest BCUT2D eigenvalue weighted by Gasteiger charge is -2.06. The number of amides is 1. The number of carbonyl (C=O) groups is 1. The van der Waals surface area contributed by atoms with Crippen LogP contribution in [0.1, 0.15) is 19.4 Å². The van der Waals surface area contributed by atoms with Crippen LogP contribution in [0.5, 0.6) is 0 Å². The summed E-state index contributed by atoms with van der Waals surface area (Å²) in [5.41, 5.74) is 2.01. The van der Waals surface area contributed by atoms with Crippen LogP contribution in [-0.4, -0.2) is 17.7 Å². The highest BCUT2D eigenvalue weighted by atomic mass is 19.1. The molecule has 2 rings (SSSR count). The molecule has 0 spiro atoms. The molecular formula is C11H11FN2O. The summed E-state index contributed by atoms with van der Waals surface area (Å²) in [4.78, 5) is 15.7. The predicted molar refractivity (Wildman–Crippen MR) is 56.7 cm³/mol. The lowest BCUT2D eigenvalue weighted by Crippen LogP contribution is -2.22. The van der Waals surface area contributed by atoms with Crippen LogP contribution in [0.25, 0.3) is 0 Å². The number of benzodiazepines with no additional fused rings is 1. The quantitative estimate of drug-likeness (QED) is 0.692. The summed E-state index contributed by atoms with van der Waals surface area (Å²) >= 11 is 0. The summed E-state index contributed by atoms with van der Waals surface area (Å²) < 4.78 is 13.0. The normalized spacial score (nSPS) is 20.1. The van der Waals surface area contributed by atoms with E-state index < -0.39 is 6.04 Å². The summed E-state index contributed by atoms with van der Waals surface area (Å²) in [6.45, 7) is 3.52. The lowest BCUT2D eigenvalue weighted by molar-refractivity contribution is -0.116. The van der Waals surface area contributed by atoms with Crippen LogP contribution < -0.4 is 5.32 Å². The fraction of sp³-hybridized carbons (Fsp3) is 0.273. The molecule has 4 heteroatoms. The van der Waals surface area contributed by atoms with Gasteiger partial charge in [0.1, 0.15) is 11.9 Å². The van der Waals surface area contributed by atoms with Crippen LogP contribution in [0.4, 0.5) is 10.1 Å². The number of hydrogen-bond acceptors (Lipinski definition) is 2. The summed E-state index contributed by atoms with van der Waals surface area (Å²) in [7, 11) is 0. The third kappa shape index (κ3) is 1.75. The minimum Gasteiger partial charge on any atom is -0.324 e. The highest BCUT2D eigenvalue weighted by Crippen LogP contribution is 2.21. The molecule has 1 heterocycles. The molecule has 1 N–H and O–H groups in total.